The van der Waals surface area contributed by atoms with Gasteiger partial charge < -0.3 is 0 Å². The highest BCUT2D eigenvalue weighted by Gasteiger charge is 2.25. The summed E-state index contributed by atoms with van der Waals surface area (Å²) in [6.07, 6.45) is 1.31. The molecule has 0 unspecified atom stereocenters. The summed E-state index contributed by atoms with van der Waals surface area (Å²) in [7, 11) is 0. The van der Waals surface area contributed by atoms with E-state index in [2.05, 4.69) is 0 Å². The Bertz CT molecular complexity index is 702. The summed E-state index contributed by atoms with van der Waals surface area (Å²) in [6.45, 7) is 0. The monoisotopic (exact) mass is 302 g/mol. The number of Topliss-reactive ketones (excluding diaryl/α,β-unsaturated/α-hetero) is 1. The van der Waals surface area contributed by atoms with Gasteiger partial charge in [-0.25, -0.2) is 0 Å². The number of hydrogen-bond acceptors (Lipinski definition) is 1. The zero-order valence-corrected chi connectivity index (χ0v) is 12.2. The first kappa shape index (κ1) is 13.4. The Balaban J connectivity index is 2.16. The third kappa shape index (κ3) is 2.39. The highest BCUT2D eigenvalue weighted by Crippen LogP contribution is 2.38. The van der Waals surface area contributed by atoms with E-state index in [1.54, 1.807) is 6.07 Å². The Labute approximate surface area is 127 Å². The van der Waals surface area contributed by atoms with Gasteiger partial charge >= 0.3 is 0 Å². The van der Waals surface area contributed by atoms with E-state index >= 15 is 0 Å². The summed E-state index contributed by atoms with van der Waals surface area (Å²) in [5, 5.41) is 1.05. The third-order valence-corrected chi connectivity index (χ3v) is 4.25. The van der Waals surface area contributed by atoms with Gasteiger partial charge in [-0.2, -0.15) is 0 Å². The molecular weight excluding hydrogens is 291 g/mol. The number of halogens is 2. The largest absolute Gasteiger partial charge is 0.294 e. The molecule has 1 nitrogen and oxygen atoms in total. The van der Waals surface area contributed by atoms with Crippen LogP contribution in [0.5, 0.6) is 0 Å². The van der Waals surface area contributed by atoms with E-state index in [0.29, 0.717) is 16.5 Å². The Hall–Kier alpha value is -1.57. The summed E-state index contributed by atoms with van der Waals surface area (Å²) in [5.41, 5.74) is 3.81. The van der Waals surface area contributed by atoms with E-state index in [0.717, 1.165) is 28.7 Å². The summed E-state index contributed by atoms with van der Waals surface area (Å²) in [4.78, 5) is 12.2. The average molecular weight is 303 g/mol. The van der Waals surface area contributed by atoms with Crippen LogP contribution in [0.25, 0.3) is 11.1 Å². The Morgan fingerprint density at radius 2 is 1.55 bits per heavy atom. The minimum atomic E-state index is 0.192. The number of carbonyl (C=O) groups excluding carboxylic acids is 1. The van der Waals surface area contributed by atoms with Gasteiger partial charge in [0.15, 0.2) is 5.78 Å². The third-order valence-electron chi connectivity index (χ3n) is 3.51. The van der Waals surface area contributed by atoms with Gasteiger partial charge in [0.1, 0.15) is 0 Å². The predicted octanol–water partition coefficient (Wildman–Crippen LogP) is 5.27. The maximum absolute atomic E-state index is 12.2. The minimum absolute atomic E-state index is 0.192. The predicted molar refractivity (Wildman–Crippen MR) is 84.0 cm³/mol. The van der Waals surface area contributed by atoms with Crippen LogP contribution in [0.15, 0.2) is 48.5 Å². The van der Waals surface area contributed by atoms with Gasteiger partial charge in [-0.3, -0.25) is 4.79 Å². The fourth-order valence-corrected chi connectivity index (χ4v) is 2.87. The van der Waals surface area contributed by atoms with Crippen LogP contribution in [0.3, 0.4) is 0 Å². The summed E-state index contributed by atoms with van der Waals surface area (Å²) < 4.78 is 0. The van der Waals surface area contributed by atoms with Crippen molar-refractivity contribution in [1.29, 1.82) is 0 Å². The molecule has 0 radical (unpaired) electrons. The molecular formula is C17H12Cl2O. The van der Waals surface area contributed by atoms with Crippen molar-refractivity contribution in [3.8, 4) is 0 Å². The standard InChI is InChI=1S/C17H12Cl2O/c18-14-8-6-12(10-15(14)19)13-7-9-16(20)17(13)11-4-2-1-3-5-11/h1-6,8,10H,7,9H2. The van der Waals surface area contributed by atoms with Crippen LogP contribution in [0.1, 0.15) is 24.0 Å². The molecule has 0 N–H and O–H groups in total. The molecule has 0 spiro atoms. The van der Waals surface area contributed by atoms with Gasteiger partial charge in [-0.15, -0.1) is 0 Å². The van der Waals surface area contributed by atoms with Crippen molar-refractivity contribution in [2.75, 3.05) is 0 Å². The van der Waals surface area contributed by atoms with Crippen molar-refractivity contribution >= 4 is 40.1 Å². The maximum atomic E-state index is 12.2. The van der Waals surface area contributed by atoms with Crippen molar-refractivity contribution in [3.05, 3.63) is 69.7 Å². The first-order chi connectivity index (χ1) is 9.66. The number of hydrogen-bond donors (Lipinski definition) is 0. The molecule has 0 atom stereocenters. The van der Waals surface area contributed by atoms with E-state index in [1.165, 1.54) is 0 Å². The average Bonchev–Trinajstić information content (AvgIpc) is 2.85. The van der Waals surface area contributed by atoms with Gasteiger partial charge in [0.25, 0.3) is 0 Å². The number of carbonyl (C=O) groups is 1. The highest BCUT2D eigenvalue weighted by atomic mass is 35.5. The van der Waals surface area contributed by atoms with Gasteiger partial charge in [0.05, 0.1) is 10.0 Å². The van der Waals surface area contributed by atoms with Crippen LogP contribution >= 0.6 is 23.2 Å². The number of allylic oxidation sites excluding steroid dienone is 2. The van der Waals surface area contributed by atoms with Crippen LogP contribution < -0.4 is 0 Å². The van der Waals surface area contributed by atoms with Crippen LogP contribution in [-0.2, 0) is 4.79 Å². The van der Waals surface area contributed by atoms with Gasteiger partial charge in [0.2, 0.25) is 0 Å². The fourth-order valence-electron chi connectivity index (χ4n) is 2.57. The molecule has 20 heavy (non-hydrogen) atoms. The molecule has 1 aliphatic rings. The fraction of sp³-hybridized carbons (Fsp3) is 0.118. The van der Waals surface area contributed by atoms with Crippen molar-refractivity contribution < 1.29 is 4.79 Å². The summed E-state index contributed by atoms with van der Waals surface area (Å²) >= 11 is 12.0. The molecule has 3 heteroatoms. The van der Waals surface area contributed by atoms with Crippen molar-refractivity contribution in [2.45, 2.75) is 12.8 Å². The Morgan fingerprint density at radius 1 is 0.800 bits per heavy atom. The Morgan fingerprint density at radius 3 is 2.25 bits per heavy atom. The van der Waals surface area contributed by atoms with Crippen LogP contribution in [-0.4, -0.2) is 5.78 Å². The second-order valence-electron chi connectivity index (χ2n) is 4.77. The van der Waals surface area contributed by atoms with E-state index in [9.17, 15) is 4.79 Å². The summed E-state index contributed by atoms with van der Waals surface area (Å²) in [6, 6.07) is 15.3. The molecule has 2 aromatic carbocycles. The molecule has 1 aliphatic carbocycles. The van der Waals surface area contributed by atoms with Crippen LogP contribution in [0.2, 0.25) is 10.0 Å². The molecule has 0 heterocycles. The highest BCUT2D eigenvalue weighted by molar-refractivity contribution is 6.42. The smallest absolute Gasteiger partial charge is 0.164 e. The summed E-state index contributed by atoms with van der Waals surface area (Å²) in [5.74, 6) is 0.192. The Kier molecular flexibility index (Phi) is 3.64. The van der Waals surface area contributed by atoms with E-state index in [4.69, 9.17) is 23.2 Å². The molecule has 0 saturated carbocycles. The zero-order valence-electron chi connectivity index (χ0n) is 10.7. The molecule has 0 aliphatic heterocycles. The molecule has 0 amide bonds. The van der Waals surface area contributed by atoms with Gasteiger partial charge in [-0.1, -0.05) is 59.6 Å². The maximum Gasteiger partial charge on any atom is 0.164 e. The number of ketones is 1. The first-order valence-corrected chi connectivity index (χ1v) is 7.19. The topological polar surface area (TPSA) is 17.1 Å². The van der Waals surface area contributed by atoms with Crippen molar-refractivity contribution in [1.82, 2.24) is 0 Å². The van der Waals surface area contributed by atoms with Crippen LogP contribution in [0, 0.1) is 0 Å². The lowest BCUT2D eigenvalue weighted by atomic mass is 9.97. The van der Waals surface area contributed by atoms with E-state index in [-0.39, 0.29) is 5.78 Å². The SMILES string of the molecule is O=C1CCC(c2ccc(Cl)c(Cl)c2)=C1c1ccccc1. The van der Waals surface area contributed by atoms with Gasteiger partial charge in [-0.05, 0) is 35.3 Å². The second kappa shape index (κ2) is 5.43. The zero-order chi connectivity index (χ0) is 14.1. The lowest BCUT2D eigenvalue weighted by molar-refractivity contribution is -0.113. The minimum Gasteiger partial charge on any atom is -0.294 e. The van der Waals surface area contributed by atoms with Gasteiger partial charge in [0, 0.05) is 12.0 Å². The molecule has 3 rings (SSSR count). The molecule has 2 aromatic rings. The molecule has 0 fully saturated rings. The number of benzene rings is 2. The first-order valence-electron chi connectivity index (χ1n) is 6.44. The van der Waals surface area contributed by atoms with E-state index < -0.39 is 0 Å². The molecule has 0 aromatic heterocycles. The van der Waals surface area contributed by atoms with Crippen molar-refractivity contribution in [2.24, 2.45) is 0 Å². The lowest BCUT2D eigenvalue weighted by Gasteiger charge is -2.08. The molecule has 100 valence electrons. The quantitative estimate of drug-likeness (QED) is 0.739. The second-order valence-corrected chi connectivity index (χ2v) is 5.59. The molecule has 0 saturated heterocycles. The lowest BCUT2D eigenvalue weighted by Crippen LogP contribution is -1.95. The number of rotatable bonds is 2. The van der Waals surface area contributed by atoms with Crippen molar-refractivity contribution in [3.63, 3.8) is 0 Å². The molecule has 0 bridgehead atoms. The van der Waals surface area contributed by atoms with Crippen LogP contribution in [0.4, 0.5) is 0 Å². The van der Waals surface area contributed by atoms with E-state index in [1.807, 2.05) is 42.5 Å². The normalized spacial score (nSPS) is 15.0.